The zero-order valence-corrected chi connectivity index (χ0v) is 19.6. The number of nitriles is 1. The van der Waals surface area contributed by atoms with Crippen LogP contribution in [0.25, 0.3) is 0 Å². The van der Waals surface area contributed by atoms with Gasteiger partial charge in [0.05, 0.1) is 22.7 Å². The van der Waals surface area contributed by atoms with Crippen LogP contribution in [-0.4, -0.2) is 31.2 Å². The molecular weight excluding hydrogens is 406 g/mol. The minimum Gasteiger partial charge on any atom is -0.463 e. The van der Waals surface area contributed by atoms with E-state index in [1.54, 1.807) is 18.7 Å². The minimum atomic E-state index is -0.903. The highest BCUT2D eigenvalue weighted by atomic mass is 32.2. The number of carbonyl (C=O) groups is 1. The third-order valence-electron chi connectivity index (χ3n) is 4.11. The monoisotopic (exact) mass is 441 g/mol. The topological polar surface area (TPSA) is 87.0 Å². The fourth-order valence-corrected chi connectivity index (χ4v) is 3.72. The summed E-state index contributed by atoms with van der Waals surface area (Å²) in [5.41, 5.74) is -1.78. The van der Waals surface area contributed by atoms with Crippen LogP contribution in [0.1, 0.15) is 47.0 Å². The summed E-state index contributed by atoms with van der Waals surface area (Å²) in [5, 5.41) is 9.77. The Labute approximate surface area is 184 Å². The van der Waals surface area contributed by atoms with Gasteiger partial charge >= 0.3 is 5.97 Å². The molecule has 0 bridgehead atoms. The molecule has 0 saturated heterocycles. The Balaban J connectivity index is 4.99. The fraction of sp³-hybridized carbons (Fsp3) is 0.636. The lowest BCUT2D eigenvalue weighted by molar-refractivity contribution is -0.265. The van der Waals surface area contributed by atoms with Crippen LogP contribution in [0.2, 0.25) is 0 Å². The van der Waals surface area contributed by atoms with Crippen molar-refractivity contribution >= 4 is 17.7 Å². The van der Waals surface area contributed by atoms with Crippen molar-refractivity contribution in [1.29, 1.82) is 5.26 Å². The number of carbonyl (C=O) groups excluding carboxylic acids is 1. The second kappa shape index (κ2) is 14.0. The van der Waals surface area contributed by atoms with Crippen molar-refractivity contribution in [1.82, 2.24) is 0 Å². The molecule has 2 atom stereocenters. The third kappa shape index (κ3) is 11.2. The van der Waals surface area contributed by atoms with Crippen LogP contribution in [0.4, 0.5) is 0 Å². The Morgan fingerprint density at radius 2 is 1.87 bits per heavy atom. The lowest BCUT2D eigenvalue weighted by Crippen LogP contribution is -2.37. The van der Waals surface area contributed by atoms with Crippen molar-refractivity contribution in [3.8, 4) is 6.07 Å². The molecule has 170 valence electrons. The number of esters is 1. The first-order chi connectivity index (χ1) is 14.0. The summed E-state index contributed by atoms with van der Waals surface area (Å²) in [6.07, 6.45) is 4.08. The average Bonchev–Trinajstić information content (AvgIpc) is 2.65. The van der Waals surface area contributed by atoms with Gasteiger partial charge in [-0.2, -0.15) is 21.9 Å². The Bertz CT molecular complexity index is 630. The summed E-state index contributed by atoms with van der Waals surface area (Å²) < 4.78 is 5.43. The molecule has 0 heterocycles. The van der Waals surface area contributed by atoms with Gasteiger partial charge in [-0.3, -0.25) is 14.6 Å². The van der Waals surface area contributed by atoms with E-state index >= 15 is 0 Å². The molecule has 30 heavy (non-hydrogen) atoms. The van der Waals surface area contributed by atoms with Crippen molar-refractivity contribution < 1.29 is 29.1 Å². The van der Waals surface area contributed by atoms with Crippen LogP contribution in [0.5, 0.6) is 0 Å². The van der Waals surface area contributed by atoms with Crippen molar-refractivity contribution in [3.63, 3.8) is 0 Å². The van der Waals surface area contributed by atoms with Gasteiger partial charge in [-0.15, -0.1) is 0 Å². The highest BCUT2D eigenvalue weighted by molar-refractivity contribution is 7.98. The zero-order valence-electron chi connectivity index (χ0n) is 18.8. The zero-order chi connectivity index (χ0) is 23.2. The van der Waals surface area contributed by atoms with Gasteiger partial charge in [-0.1, -0.05) is 33.6 Å². The molecular formula is C22H35NO6S. The molecule has 0 N–H and O–H groups in total. The van der Waals surface area contributed by atoms with Gasteiger partial charge in [0, 0.05) is 6.42 Å². The van der Waals surface area contributed by atoms with Gasteiger partial charge in [0.15, 0.2) is 0 Å². The molecule has 0 aliphatic rings. The summed E-state index contributed by atoms with van der Waals surface area (Å²) in [4.78, 5) is 32.5. The molecule has 0 radical (unpaired) electrons. The van der Waals surface area contributed by atoms with Crippen molar-refractivity contribution in [2.24, 2.45) is 16.7 Å². The smallest absolute Gasteiger partial charge is 0.311 e. The summed E-state index contributed by atoms with van der Waals surface area (Å²) in [6, 6.07) is 2.28. The first kappa shape index (κ1) is 27.9. The van der Waals surface area contributed by atoms with Crippen LogP contribution >= 0.6 is 11.8 Å². The minimum absolute atomic E-state index is 0.0331. The van der Waals surface area contributed by atoms with Gasteiger partial charge in [0.25, 0.3) is 0 Å². The predicted octanol–water partition coefficient (Wildman–Crippen LogP) is 5.32. The summed E-state index contributed by atoms with van der Waals surface area (Å²) >= 11 is 1.56. The molecule has 0 aromatic carbocycles. The van der Waals surface area contributed by atoms with Crippen LogP contribution in [0.15, 0.2) is 37.5 Å². The maximum atomic E-state index is 12.9. The van der Waals surface area contributed by atoms with E-state index in [1.807, 2.05) is 27.0 Å². The van der Waals surface area contributed by atoms with Gasteiger partial charge in [-0.05, 0) is 38.9 Å². The van der Waals surface area contributed by atoms with E-state index in [1.165, 1.54) is 0 Å². The Kier molecular flexibility index (Phi) is 13.0. The van der Waals surface area contributed by atoms with Crippen LogP contribution < -0.4 is 0 Å². The number of hydrogen-bond donors (Lipinski definition) is 0. The number of nitrogens with zero attached hydrogens (tertiary/aromatic N) is 1. The first-order valence-corrected chi connectivity index (χ1v) is 11.1. The van der Waals surface area contributed by atoms with Gasteiger partial charge < -0.3 is 9.62 Å². The normalized spacial score (nSPS) is 14.6. The van der Waals surface area contributed by atoms with E-state index in [-0.39, 0.29) is 37.7 Å². The molecule has 0 fully saturated rings. The second-order valence-corrected chi connectivity index (χ2v) is 8.95. The molecule has 0 rings (SSSR count). The lowest BCUT2D eigenvalue weighted by Gasteiger charge is -2.35. The van der Waals surface area contributed by atoms with Crippen LogP contribution in [-0.2, 0) is 29.1 Å². The lowest BCUT2D eigenvalue weighted by atomic mass is 9.68. The molecule has 8 heteroatoms. The van der Waals surface area contributed by atoms with Crippen molar-refractivity contribution in [2.75, 3.05) is 25.2 Å². The van der Waals surface area contributed by atoms with Crippen LogP contribution in [0, 0.1) is 28.1 Å². The third-order valence-corrected chi connectivity index (χ3v) is 4.72. The Hall–Kier alpha value is -2.11. The van der Waals surface area contributed by atoms with E-state index < -0.39 is 16.8 Å². The molecule has 0 aromatic heterocycles. The molecule has 0 saturated carbocycles. The molecule has 0 aliphatic heterocycles. The number of rotatable bonds is 17. The maximum absolute atomic E-state index is 12.9. The quantitative estimate of drug-likeness (QED) is 0.0985. The van der Waals surface area contributed by atoms with E-state index in [0.29, 0.717) is 17.9 Å². The number of allylic oxidation sites excluding steroid dienone is 1. The standard InChI is InChI=1S/C22H35NO6S/c1-9-26-28-18(4)13-21(6,16-23)15-22(7,12-17(2)3)20(24)25-10-11-27-29-19(5)14-30-8/h9,17H,1,4-5,10-15H2,2-3,6-8H3. The molecule has 0 spiro atoms. The number of thioether (sulfide) groups is 1. The average molecular weight is 442 g/mol. The summed E-state index contributed by atoms with van der Waals surface area (Å²) in [6.45, 7) is 18.6. The molecule has 0 aliphatic carbocycles. The van der Waals surface area contributed by atoms with E-state index in [0.717, 1.165) is 6.26 Å². The van der Waals surface area contributed by atoms with Gasteiger partial charge in [-0.25, -0.2) is 0 Å². The maximum Gasteiger partial charge on any atom is 0.311 e. The van der Waals surface area contributed by atoms with Gasteiger partial charge in [0.2, 0.25) is 0 Å². The molecule has 2 unspecified atom stereocenters. The van der Waals surface area contributed by atoms with E-state index in [4.69, 9.17) is 19.4 Å². The fourth-order valence-electron chi connectivity index (χ4n) is 3.35. The highest BCUT2D eigenvalue weighted by Crippen LogP contribution is 2.42. The highest BCUT2D eigenvalue weighted by Gasteiger charge is 2.43. The Morgan fingerprint density at radius 3 is 2.40 bits per heavy atom. The number of hydrogen-bond acceptors (Lipinski definition) is 8. The van der Waals surface area contributed by atoms with E-state index in [2.05, 4.69) is 30.7 Å². The number of ether oxygens (including phenoxy) is 1. The largest absolute Gasteiger partial charge is 0.463 e. The SMILES string of the molecule is C=COOC(=C)CC(C)(C#N)CC(C)(CC(C)C)C(=O)OCCOOC(=C)CSC. The summed E-state index contributed by atoms with van der Waals surface area (Å²) in [7, 11) is 0. The van der Waals surface area contributed by atoms with Crippen LogP contribution in [0.3, 0.4) is 0 Å². The van der Waals surface area contributed by atoms with Crippen molar-refractivity contribution in [3.05, 3.63) is 37.5 Å². The predicted molar refractivity (Wildman–Crippen MR) is 118 cm³/mol. The molecule has 7 nitrogen and oxygen atoms in total. The Morgan fingerprint density at radius 1 is 1.20 bits per heavy atom. The molecule has 0 aromatic rings. The van der Waals surface area contributed by atoms with Gasteiger partial charge in [0.1, 0.15) is 31.0 Å². The second-order valence-electron chi connectivity index (χ2n) is 8.08. The molecule has 0 amide bonds. The summed E-state index contributed by atoms with van der Waals surface area (Å²) in [5.74, 6) is 1.22. The van der Waals surface area contributed by atoms with E-state index in [9.17, 15) is 10.1 Å². The van der Waals surface area contributed by atoms with Crippen molar-refractivity contribution in [2.45, 2.75) is 47.0 Å². The first-order valence-electron chi connectivity index (χ1n) is 9.68.